The fourth-order valence-electron chi connectivity index (χ4n) is 0.815. The number of nitrogens with one attached hydrogen (secondary N) is 1. The molecule has 1 aromatic carbocycles. The van der Waals surface area contributed by atoms with Gasteiger partial charge in [0.15, 0.2) is 0 Å². The van der Waals surface area contributed by atoms with Crippen molar-refractivity contribution in [2.24, 2.45) is 5.84 Å². The predicted molar refractivity (Wildman–Crippen MR) is 45.5 cm³/mol. The Kier molecular flexibility index (Phi) is 2.57. The molecule has 0 aliphatic heterocycles. The molecule has 3 nitrogen and oxygen atoms in total. The molecule has 4 heteroatoms. The van der Waals surface area contributed by atoms with E-state index in [-0.39, 0.29) is 5.75 Å². The molecule has 60 valence electrons. The van der Waals surface area contributed by atoms with Gasteiger partial charge in [-0.15, -0.1) is 11.6 Å². The minimum Gasteiger partial charge on any atom is -0.508 e. The fourth-order valence-corrected chi connectivity index (χ4v) is 1.05. The summed E-state index contributed by atoms with van der Waals surface area (Å²) in [5, 5.41) is 9.03. The van der Waals surface area contributed by atoms with Crippen LogP contribution in [0.3, 0.4) is 0 Å². The fraction of sp³-hybridized carbons (Fsp3) is 0.143. The van der Waals surface area contributed by atoms with E-state index in [1.165, 1.54) is 6.07 Å². The number of aromatic hydroxyl groups is 1. The zero-order valence-electron chi connectivity index (χ0n) is 5.84. The molecule has 0 atom stereocenters. The largest absolute Gasteiger partial charge is 0.508 e. The second-order valence-electron chi connectivity index (χ2n) is 2.12. The van der Waals surface area contributed by atoms with Crippen molar-refractivity contribution in [2.75, 3.05) is 5.43 Å². The number of nitrogens with two attached hydrogens (primary N) is 1. The summed E-state index contributed by atoms with van der Waals surface area (Å²) in [7, 11) is 0. The van der Waals surface area contributed by atoms with Crippen LogP contribution in [-0.4, -0.2) is 5.11 Å². The molecule has 0 amide bonds. The minimum atomic E-state index is 0.173. The number of anilines is 1. The lowest BCUT2D eigenvalue weighted by atomic mass is 10.2. The van der Waals surface area contributed by atoms with Crippen LogP contribution in [0, 0.1) is 0 Å². The van der Waals surface area contributed by atoms with Crippen LogP contribution in [0.2, 0.25) is 0 Å². The lowest BCUT2D eigenvalue weighted by Gasteiger charge is -2.05. The molecule has 1 aromatic rings. The number of hydrogen-bond acceptors (Lipinski definition) is 3. The van der Waals surface area contributed by atoms with E-state index in [1.807, 2.05) is 0 Å². The van der Waals surface area contributed by atoms with Gasteiger partial charge in [0.2, 0.25) is 0 Å². The zero-order chi connectivity index (χ0) is 8.27. The van der Waals surface area contributed by atoms with E-state index in [0.717, 1.165) is 5.56 Å². The Balaban J connectivity index is 3.06. The lowest BCUT2D eigenvalue weighted by molar-refractivity contribution is 0.475. The average molecular weight is 173 g/mol. The van der Waals surface area contributed by atoms with Gasteiger partial charge in [0, 0.05) is 11.9 Å². The van der Waals surface area contributed by atoms with E-state index in [1.54, 1.807) is 12.1 Å². The van der Waals surface area contributed by atoms with Crippen molar-refractivity contribution < 1.29 is 5.11 Å². The number of nitrogen functional groups attached to an aromatic ring is 1. The van der Waals surface area contributed by atoms with Gasteiger partial charge in [-0.25, -0.2) is 0 Å². The Morgan fingerprint density at radius 3 is 2.82 bits per heavy atom. The van der Waals surface area contributed by atoms with Crippen molar-refractivity contribution in [1.82, 2.24) is 0 Å². The highest BCUT2D eigenvalue weighted by molar-refractivity contribution is 6.17. The van der Waals surface area contributed by atoms with E-state index >= 15 is 0 Å². The highest BCUT2D eigenvalue weighted by Gasteiger charge is 1.99. The average Bonchev–Trinajstić information content (AvgIpc) is 2.04. The van der Waals surface area contributed by atoms with Gasteiger partial charge in [-0.05, 0) is 11.6 Å². The molecule has 1 rings (SSSR count). The van der Waals surface area contributed by atoms with Gasteiger partial charge < -0.3 is 10.5 Å². The first kappa shape index (κ1) is 8.17. The number of rotatable bonds is 2. The molecule has 0 radical (unpaired) electrons. The summed E-state index contributed by atoms with van der Waals surface area (Å²) in [6.45, 7) is 0. The van der Waals surface area contributed by atoms with Gasteiger partial charge in [-0.1, -0.05) is 6.07 Å². The number of hydrogen-bond donors (Lipinski definition) is 3. The summed E-state index contributed by atoms with van der Waals surface area (Å²) in [5.74, 6) is 5.72. The molecule has 0 aliphatic rings. The monoisotopic (exact) mass is 172 g/mol. The Hall–Kier alpha value is -0.930. The quantitative estimate of drug-likeness (QED) is 0.359. The molecule has 0 bridgehead atoms. The van der Waals surface area contributed by atoms with Crippen LogP contribution in [-0.2, 0) is 5.88 Å². The van der Waals surface area contributed by atoms with Gasteiger partial charge in [0.05, 0.1) is 5.69 Å². The van der Waals surface area contributed by atoms with Crippen LogP contribution in [0.5, 0.6) is 5.75 Å². The predicted octanol–water partition coefficient (Wildman–Crippen LogP) is 1.42. The molecule has 0 aromatic heterocycles. The molecule has 0 spiro atoms. The van der Waals surface area contributed by atoms with Crippen LogP contribution in [0.25, 0.3) is 0 Å². The minimum absolute atomic E-state index is 0.173. The van der Waals surface area contributed by atoms with Crippen LogP contribution < -0.4 is 11.3 Å². The Morgan fingerprint density at radius 1 is 1.55 bits per heavy atom. The highest BCUT2D eigenvalue weighted by atomic mass is 35.5. The van der Waals surface area contributed by atoms with E-state index in [2.05, 4.69) is 5.43 Å². The van der Waals surface area contributed by atoms with Crippen molar-refractivity contribution in [3.05, 3.63) is 23.8 Å². The maximum absolute atomic E-state index is 9.03. The van der Waals surface area contributed by atoms with Crippen LogP contribution in [0.15, 0.2) is 18.2 Å². The number of hydrazine groups is 1. The summed E-state index contributed by atoms with van der Waals surface area (Å²) in [4.78, 5) is 0. The van der Waals surface area contributed by atoms with Gasteiger partial charge in [0.1, 0.15) is 5.75 Å². The van der Waals surface area contributed by atoms with Gasteiger partial charge in [-0.3, -0.25) is 5.84 Å². The number of phenols is 1. The molecule has 0 saturated heterocycles. The number of alkyl halides is 1. The first-order valence-electron chi connectivity index (χ1n) is 3.12. The summed E-state index contributed by atoms with van der Waals surface area (Å²) in [6, 6.07) is 4.81. The smallest absolute Gasteiger partial charge is 0.117 e. The summed E-state index contributed by atoms with van der Waals surface area (Å²) in [6.07, 6.45) is 0. The first-order valence-corrected chi connectivity index (χ1v) is 3.66. The Morgan fingerprint density at radius 2 is 2.27 bits per heavy atom. The van der Waals surface area contributed by atoms with Crippen molar-refractivity contribution in [3.63, 3.8) is 0 Å². The summed E-state index contributed by atoms with van der Waals surface area (Å²) in [5.41, 5.74) is 3.96. The van der Waals surface area contributed by atoms with Crippen LogP contribution in [0.1, 0.15) is 5.56 Å². The molecule has 0 unspecified atom stereocenters. The van der Waals surface area contributed by atoms with E-state index in [9.17, 15) is 0 Å². The Bertz CT molecular complexity index is 252. The van der Waals surface area contributed by atoms with Crippen molar-refractivity contribution in [3.8, 4) is 5.75 Å². The van der Waals surface area contributed by atoms with Gasteiger partial charge in [0.25, 0.3) is 0 Å². The van der Waals surface area contributed by atoms with Gasteiger partial charge >= 0.3 is 0 Å². The standard InChI is InChI=1S/C7H9ClN2O/c8-4-5-1-2-6(11)3-7(5)10-9/h1-3,10-11H,4,9H2. The summed E-state index contributed by atoms with van der Waals surface area (Å²) >= 11 is 5.59. The first-order chi connectivity index (χ1) is 5.27. The molecular formula is C7H9ClN2O. The number of halogens is 1. The molecule has 0 heterocycles. The lowest BCUT2D eigenvalue weighted by Crippen LogP contribution is -2.08. The third kappa shape index (κ3) is 1.76. The molecule has 0 fully saturated rings. The van der Waals surface area contributed by atoms with Gasteiger partial charge in [-0.2, -0.15) is 0 Å². The maximum Gasteiger partial charge on any atom is 0.117 e. The molecule has 0 saturated carbocycles. The number of benzene rings is 1. The summed E-state index contributed by atoms with van der Waals surface area (Å²) < 4.78 is 0. The van der Waals surface area contributed by atoms with Crippen LogP contribution in [0.4, 0.5) is 5.69 Å². The van der Waals surface area contributed by atoms with Crippen LogP contribution >= 0.6 is 11.6 Å². The van der Waals surface area contributed by atoms with E-state index < -0.39 is 0 Å². The second kappa shape index (κ2) is 3.46. The second-order valence-corrected chi connectivity index (χ2v) is 2.39. The molecular weight excluding hydrogens is 164 g/mol. The SMILES string of the molecule is NNc1cc(O)ccc1CCl. The molecule has 11 heavy (non-hydrogen) atoms. The van der Waals surface area contributed by atoms with E-state index in [4.69, 9.17) is 22.6 Å². The van der Waals surface area contributed by atoms with Crippen molar-refractivity contribution in [1.29, 1.82) is 0 Å². The normalized spacial score (nSPS) is 9.64. The van der Waals surface area contributed by atoms with Crippen molar-refractivity contribution >= 4 is 17.3 Å². The third-order valence-electron chi connectivity index (χ3n) is 1.39. The van der Waals surface area contributed by atoms with E-state index in [0.29, 0.717) is 11.6 Å². The topological polar surface area (TPSA) is 58.3 Å². The number of phenolic OH excluding ortho intramolecular Hbond substituents is 1. The Labute approximate surface area is 69.8 Å². The molecule has 4 N–H and O–H groups in total. The highest BCUT2D eigenvalue weighted by Crippen LogP contribution is 2.21. The third-order valence-corrected chi connectivity index (χ3v) is 1.68. The molecule has 0 aliphatic carbocycles. The van der Waals surface area contributed by atoms with Crippen molar-refractivity contribution in [2.45, 2.75) is 5.88 Å². The maximum atomic E-state index is 9.03. The zero-order valence-corrected chi connectivity index (χ0v) is 6.60.